The molecule has 33 heavy (non-hydrogen) atoms. The molecule has 0 spiro atoms. The monoisotopic (exact) mass is 485 g/mol. The minimum Gasteiger partial charge on any atom is -0.224 e. The van der Waals surface area contributed by atoms with Crippen molar-refractivity contribution in [2.75, 3.05) is 12.8 Å². The van der Waals surface area contributed by atoms with Gasteiger partial charge in [0.05, 0.1) is 10.6 Å². The summed E-state index contributed by atoms with van der Waals surface area (Å²) in [7, 11) is -6.73. The van der Waals surface area contributed by atoms with Crippen LogP contribution >= 0.6 is 0 Å². The van der Waals surface area contributed by atoms with Gasteiger partial charge in [-0.15, -0.1) is 0 Å². The Balaban J connectivity index is 1.85. The Morgan fingerprint density at radius 2 is 1.42 bits per heavy atom. The van der Waals surface area contributed by atoms with Crippen LogP contribution in [0.5, 0.6) is 0 Å². The highest BCUT2D eigenvalue weighted by Gasteiger charge is 2.24. The van der Waals surface area contributed by atoms with Gasteiger partial charge in [-0.25, -0.2) is 16.8 Å². The lowest BCUT2D eigenvalue weighted by Gasteiger charge is -2.25. The van der Waals surface area contributed by atoms with Gasteiger partial charge in [0.1, 0.15) is 0 Å². The van der Waals surface area contributed by atoms with Gasteiger partial charge >= 0.3 is 0 Å². The lowest BCUT2D eigenvalue weighted by atomic mass is 10.00. The summed E-state index contributed by atoms with van der Waals surface area (Å²) in [6.45, 7) is 6.76. The number of nitrogens with zero attached hydrogens (tertiary/aromatic N) is 1. The topological polar surface area (TPSA) is 71.5 Å². The van der Waals surface area contributed by atoms with Gasteiger partial charge in [-0.1, -0.05) is 74.5 Å². The van der Waals surface area contributed by atoms with Gasteiger partial charge in [-0.05, 0) is 52.8 Å². The average molecular weight is 486 g/mol. The maximum Gasteiger partial charge on any atom is 0.218 e. The second kappa shape index (κ2) is 10.2. The molecule has 0 saturated carbocycles. The lowest BCUT2D eigenvalue weighted by molar-refractivity contribution is 0.361. The third-order valence-electron chi connectivity index (χ3n) is 5.46. The van der Waals surface area contributed by atoms with Crippen molar-refractivity contribution in [3.8, 4) is 11.1 Å². The van der Waals surface area contributed by atoms with E-state index in [-0.39, 0.29) is 16.6 Å². The molecule has 7 heteroatoms. The Bertz CT molecular complexity index is 1300. The maximum atomic E-state index is 13.2. The summed E-state index contributed by atoms with van der Waals surface area (Å²) in [6.07, 6.45) is 1.19. The quantitative estimate of drug-likeness (QED) is 0.425. The van der Waals surface area contributed by atoms with Crippen molar-refractivity contribution in [1.29, 1.82) is 0 Å². The molecule has 5 nitrogen and oxygen atoms in total. The smallest absolute Gasteiger partial charge is 0.218 e. The normalized spacial score (nSPS) is 12.4. The molecule has 0 aliphatic heterocycles. The van der Waals surface area contributed by atoms with Gasteiger partial charge in [-0.2, -0.15) is 4.31 Å². The fourth-order valence-electron chi connectivity index (χ4n) is 3.70. The van der Waals surface area contributed by atoms with Gasteiger partial charge in [0.25, 0.3) is 0 Å². The molecule has 0 unspecified atom stereocenters. The summed E-state index contributed by atoms with van der Waals surface area (Å²) in [5.41, 5.74) is 4.58. The number of aryl methyl sites for hydroxylation is 1. The molecule has 0 aliphatic rings. The molecule has 0 fully saturated rings. The molecule has 3 aromatic carbocycles. The molecule has 0 amide bonds. The first-order valence-electron chi connectivity index (χ1n) is 10.9. The van der Waals surface area contributed by atoms with Crippen LogP contribution in [0, 0.1) is 12.8 Å². The Labute approximate surface area is 198 Å². The van der Waals surface area contributed by atoms with Crippen molar-refractivity contribution in [3.05, 3.63) is 89.5 Å². The third-order valence-corrected chi connectivity index (χ3v) is 8.35. The lowest BCUT2D eigenvalue weighted by Crippen LogP contribution is -2.35. The van der Waals surface area contributed by atoms with Gasteiger partial charge in [0.2, 0.25) is 10.0 Å². The standard InChI is InChI=1S/C26H31NO4S2/c1-20(2)17-27(33(30,31)19-22-8-6-5-7-9-22)18-25-11-10-24(16-21(25)3)23-12-14-26(15-13-23)32(4,28)29/h5-16,20H,17-19H2,1-4H3. The molecule has 0 heterocycles. The van der Waals surface area contributed by atoms with E-state index in [9.17, 15) is 16.8 Å². The third kappa shape index (κ3) is 6.76. The van der Waals surface area contributed by atoms with Crippen LogP contribution in [0.3, 0.4) is 0 Å². The Morgan fingerprint density at radius 1 is 0.818 bits per heavy atom. The highest BCUT2D eigenvalue weighted by molar-refractivity contribution is 7.90. The number of sulfonamides is 1. The number of hydrogen-bond acceptors (Lipinski definition) is 4. The van der Waals surface area contributed by atoms with Crippen LogP contribution in [0.25, 0.3) is 11.1 Å². The zero-order valence-electron chi connectivity index (χ0n) is 19.5. The molecule has 0 aliphatic carbocycles. The first-order valence-corrected chi connectivity index (χ1v) is 14.4. The number of sulfone groups is 1. The highest BCUT2D eigenvalue weighted by Crippen LogP contribution is 2.26. The van der Waals surface area contributed by atoms with E-state index in [4.69, 9.17) is 0 Å². The molecule has 0 N–H and O–H groups in total. The predicted molar refractivity (Wildman–Crippen MR) is 134 cm³/mol. The van der Waals surface area contributed by atoms with E-state index in [1.54, 1.807) is 28.6 Å². The van der Waals surface area contributed by atoms with Crippen molar-refractivity contribution in [2.24, 2.45) is 5.92 Å². The zero-order valence-corrected chi connectivity index (χ0v) is 21.2. The second-order valence-corrected chi connectivity index (χ2v) is 12.9. The first-order chi connectivity index (χ1) is 15.5. The summed E-state index contributed by atoms with van der Waals surface area (Å²) < 4.78 is 51.4. The summed E-state index contributed by atoms with van der Waals surface area (Å²) in [5.74, 6) is 0.174. The van der Waals surface area contributed by atoms with E-state index in [0.717, 1.165) is 27.8 Å². The van der Waals surface area contributed by atoms with Crippen molar-refractivity contribution in [1.82, 2.24) is 4.31 Å². The van der Waals surface area contributed by atoms with Crippen molar-refractivity contribution in [3.63, 3.8) is 0 Å². The van der Waals surface area contributed by atoms with Crippen molar-refractivity contribution in [2.45, 2.75) is 38.0 Å². The van der Waals surface area contributed by atoms with Crippen LogP contribution in [-0.4, -0.2) is 33.9 Å². The molecular weight excluding hydrogens is 454 g/mol. The molecule has 0 aromatic heterocycles. The van der Waals surface area contributed by atoms with E-state index in [1.165, 1.54) is 6.26 Å². The summed E-state index contributed by atoms with van der Waals surface area (Å²) >= 11 is 0. The van der Waals surface area contributed by atoms with Gasteiger partial charge in [0.15, 0.2) is 9.84 Å². The zero-order chi connectivity index (χ0) is 24.2. The maximum absolute atomic E-state index is 13.2. The molecule has 3 rings (SSSR count). The summed E-state index contributed by atoms with van der Waals surface area (Å²) in [4.78, 5) is 0.285. The van der Waals surface area contributed by atoms with E-state index >= 15 is 0 Å². The van der Waals surface area contributed by atoms with E-state index in [0.29, 0.717) is 13.1 Å². The van der Waals surface area contributed by atoms with Gasteiger partial charge in [-0.3, -0.25) is 0 Å². The van der Waals surface area contributed by atoms with Crippen LogP contribution in [0.2, 0.25) is 0 Å². The Morgan fingerprint density at radius 3 is 1.97 bits per heavy atom. The SMILES string of the molecule is Cc1cc(-c2ccc(S(C)(=O)=O)cc2)ccc1CN(CC(C)C)S(=O)(=O)Cc1ccccc1. The fraction of sp³-hybridized carbons (Fsp3) is 0.308. The molecule has 176 valence electrons. The minimum absolute atomic E-state index is 0.0234. The molecule has 0 saturated heterocycles. The largest absolute Gasteiger partial charge is 0.224 e. The number of benzene rings is 3. The van der Waals surface area contributed by atoms with Crippen LogP contribution < -0.4 is 0 Å². The van der Waals surface area contributed by atoms with Crippen molar-refractivity contribution >= 4 is 19.9 Å². The predicted octanol–water partition coefficient (Wildman–Crippen LogP) is 5.05. The summed E-state index contributed by atoms with van der Waals surface area (Å²) in [6, 6.07) is 22.0. The van der Waals surface area contributed by atoms with Crippen molar-refractivity contribution < 1.29 is 16.8 Å². The molecule has 3 aromatic rings. The molecule has 0 bridgehead atoms. The second-order valence-electron chi connectivity index (χ2n) is 8.87. The first kappa shape index (κ1) is 25.1. The minimum atomic E-state index is -3.49. The highest BCUT2D eigenvalue weighted by atomic mass is 32.2. The molecule has 0 radical (unpaired) electrons. The van der Waals surface area contributed by atoms with Crippen LogP contribution in [0.4, 0.5) is 0 Å². The Kier molecular flexibility index (Phi) is 7.77. The molecular formula is C26H31NO4S2. The van der Waals surface area contributed by atoms with Crippen LogP contribution in [0.1, 0.15) is 30.5 Å². The van der Waals surface area contributed by atoms with Gasteiger partial charge < -0.3 is 0 Å². The molecule has 0 atom stereocenters. The van der Waals surface area contributed by atoms with E-state index in [1.807, 2.05) is 69.3 Å². The van der Waals surface area contributed by atoms with Crippen LogP contribution in [-0.2, 0) is 32.2 Å². The van der Waals surface area contributed by atoms with Gasteiger partial charge in [0, 0.05) is 19.3 Å². The van der Waals surface area contributed by atoms with Crippen LogP contribution in [0.15, 0.2) is 77.7 Å². The average Bonchev–Trinajstić information content (AvgIpc) is 2.74. The number of hydrogen-bond donors (Lipinski definition) is 0. The number of rotatable bonds is 9. The van der Waals surface area contributed by atoms with E-state index in [2.05, 4.69) is 0 Å². The van der Waals surface area contributed by atoms with E-state index < -0.39 is 19.9 Å². The fourth-order valence-corrected chi connectivity index (χ4v) is 5.99. The summed E-state index contributed by atoms with van der Waals surface area (Å²) in [5, 5.41) is 0. The Hall–Kier alpha value is -2.48.